The van der Waals surface area contributed by atoms with Gasteiger partial charge in [0.05, 0.1) is 7.11 Å². The molecule has 2 aromatic heterocycles. The molecule has 0 saturated carbocycles. The first-order valence-corrected chi connectivity index (χ1v) is 7.80. The van der Waals surface area contributed by atoms with E-state index in [1.165, 1.54) is 31.6 Å². The minimum atomic E-state index is -3.82. The molecule has 22 heavy (non-hydrogen) atoms. The molecule has 0 fully saturated rings. The van der Waals surface area contributed by atoms with Gasteiger partial charge < -0.3 is 10.1 Å². The van der Waals surface area contributed by atoms with Crippen LogP contribution in [-0.4, -0.2) is 40.6 Å². The first-order chi connectivity index (χ1) is 10.4. The van der Waals surface area contributed by atoms with Crippen molar-refractivity contribution in [2.75, 3.05) is 12.4 Å². The molecule has 0 aromatic carbocycles. The van der Waals surface area contributed by atoms with Crippen molar-refractivity contribution in [1.29, 1.82) is 0 Å². The normalized spacial score (nSPS) is 10.8. The summed E-state index contributed by atoms with van der Waals surface area (Å²) >= 11 is 4.94. The van der Waals surface area contributed by atoms with Crippen molar-refractivity contribution >= 4 is 33.3 Å². The molecule has 2 aromatic rings. The van der Waals surface area contributed by atoms with Crippen LogP contribution in [0.5, 0.6) is 6.01 Å². The van der Waals surface area contributed by atoms with Crippen LogP contribution >= 0.6 is 12.2 Å². The molecule has 9 nitrogen and oxygen atoms in total. The lowest BCUT2D eigenvalue weighted by Crippen LogP contribution is -2.34. The van der Waals surface area contributed by atoms with Crippen LogP contribution in [0.15, 0.2) is 29.4 Å². The van der Waals surface area contributed by atoms with E-state index in [1.54, 1.807) is 6.92 Å². The first-order valence-electron chi connectivity index (χ1n) is 5.91. The van der Waals surface area contributed by atoms with Crippen LogP contribution in [0, 0.1) is 6.92 Å². The van der Waals surface area contributed by atoms with E-state index >= 15 is 0 Å². The number of methoxy groups -OCH3 is 1. The number of nitrogens with one attached hydrogen (secondary N) is 2. The standard InChI is InChI=1S/C11H12N6O3S2/c1-7-13-9(15-10(14-7)20-2)16-11(21)17-22(18,19)8-4-3-5-12-6-8/h3-6H,1-2H3,(H2,13,14,15,16,17,21). The fraction of sp³-hybridized carbons (Fsp3) is 0.182. The van der Waals surface area contributed by atoms with Gasteiger partial charge in [-0.05, 0) is 31.3 Å². The molecule has 0 aliphatic heterocycles. The third kappa shape index (κ3) is 4.05. The predicted molar refractivity (Wildman–Crippen MR) is 81.9 cm³/mol. The number of ether oxygens (including phenoxy) is 1. The molecule has 0 aliphatic rings. The number of aromatic nitrogens is 4. The van der Waals surface area contributed by atoms with E-state index in [2.05, 4.69) is 30.0 Å². The molecule has 0 spiro atoms. The molecule has 0 unspecified atom stereocenters. The van der Waals surface area contributed by atoms with Crippen LogP contribution in [0.3, 0.4) is 0 Å². The second-order valence-corrected chi connectivity index (χ2v) is 6.03. The Morgan fingerprint density at radius 1 is 1.32 bits per heavy atom. The second kappa shape index (κ2) is 6.58. The van der Waals surface area contributed by atoms with Gasteiger partial charge in [0.15, 0.2) is 5.11 Å². The summed E-state index contributed by atoms with van der Waals surface area (Å²) in [6.07, 6.45) is 2.68. The van der Waals surface area contributed by atoms with Gasteiger partial charge in [0.25, 0.3) is 10.0 Å². The van der Waals surface area contributed by atoms with E-state index in [1.807, 2.05) is 0 Å². The molecule has 0 radical (unpaired) electrons. The maximum Gasteiger partial charge on any atom is 0.321 e. The summed E-state index contributed by atoms with van der Waals surface area (Å²) in [5, 5.41) is 2.38. The quantitative estimate of drug-likeness (QED) is 0.755. The van der Waals surface area contributed by atoms with Gasteiger partial charge in [-0.1, -0.05) is 0 Å². The fourth-order valence-corrected chi connectivity index (χ4v) is 2.71. The summed E-state index contributed by atoms with van der Waals surface area (Å²) in [7, 11) is -2.42. The summed E-state index contributed by atoms with van der Waals surface area (Å²) < 4.78 is 31.2. The zero-order valence-corrected chi connectivity index (χ0v) is 13.3. The molecule has 11 heteroatoms. The molecular formula is C11H12N6O3S2. The van der Waals surface area contributed by atoms with Gasteiger partial charge in [-0.15, -0.1) is 0 Å². The van der Waals surface area contributed by atoms with Crippen molar-refractivity contribution in [3.05, 3.63) is 30.4 Å². The molecule has 0 aliphatic carbocycles. The van der Waals surface area contributed by atoms with E-state index in [4.69, 9.17) is 17.0 Å². The van der Waals surface area contributed by atoms with Crippen molar-refractivity contribution in [3.8, 4) is 6.01 Å². The zero-order valence-electron chi connectivity index (χ0n) is 11.6. The highest BCUT2D eigenvalue weighted by molar-refractivity contribution is 7.92. The smallest absolute Gasteiger partial charge is 0.321 e. The number of thiocarbonyl (C=S) groups is 1. The molecule has 2 rings (SSSR count). The molecule has 2 heterocycles. The summed E-state index contributed by atoms with van der Waals surface area (Å²) in [4.78, 5) is 15.5. The monoisotopic (exact) mass is 340 g/mol. The minimum Gasteiger partial charge on any atom is -0.467 e. The lowest BCUT2D eigenvalue weighted by molar-refractivity contribution is 0.377. The van der Waals surface area contributed by atoms with Crippen LogP contribution < -0.4 is 14.8 Å². The minimum absolute atomic E-state index is 0.0106. The molecular weight excluding hydrogens is 328 g/mol. The molecule has 0 bridgehead atoms. The van der Waals surface area contributed by atoms with Crippen molar-refractivity contribution < 1.29 is 13.2 Å². The van der Waals surface area contributed by atoms with Gasteiger partial charge in [-0.3, -0.25) is 9.71 Å². The van der Waals surface area contributed by atoms with Crippen molar-refractivity contribution in [2.45, 2.75) is 11.8 Å². The van der Waals surface area contributed by atoms with E-state index in [-0.39, 0.29) is 22.0 Å². The highest BCUT2D eigenvalue weighted by Gasteiger charge is 2.16. The largest absolute Gasteiger partial charge is 0.467 e. The summed E-state index contributed by atoms with van der Waals surface area (Å²) in [6.45, 7) is 1.64. The average molecular weight is 340 g/mol. The maximum atomic E-state index is 12.1. The molecule has 0 atom stereocenters. The van der Waals surface area contributed by atoms with Crippen molar-refractivity contribution in [1.82, 2.24) is 24.7 Å². The van der Waals surface area contributed by atoms with E-state index in [0.717, 1.165) is 0 Å². The van der Waals surface area contributed by atoms with Crippen LogP contribution in [0.1, 0.15) is 5.82 Å². The van der Waals surface area contributed by atoms with Crippen LogP contribution in [0.4, 0.5) is 5.95 Å². The number of nitrogens with zero attached hydrogens (tertiary/aromatic N) is 4. The number of rotatable bonds is 4. The first kappa shape index (κ1) is 16.0. The fourth-order valence-electron chi connectivity index (χ4n) is 1.42. The van der Waals surface area contributed by atoms with E-state index in [9.17, 15) is 8.42 Å². The Kier molecular flexibility index (Phi) is 4.78. The summed E-state index contributed by atoms with van der Waals surface area (Å²) in [5.74, 6) is 0.468. The van der Waals surface area contributed by atoms with Crippen molar-refractivity contribution in [2.24, 2.45) is 0 Å². The van der Waals surface area contributed by atoms with Gasteiger partial charge >= 0.3 is 6.01 Å². The number of anilines is 1. The lowest BCUT2D eigenvalue weighted by Gasteiger charge is -2.10. The molecule has 0 saturated heterocycles. The molecule has 2 N–H and O–H groups in total. The number of hydrogen-bond acceptors (Lipinski definition) is 8. The Morgan fingerprint density at radius 2 is 2.09 bits per heavy atom. The molecule has 0 amide bonds. The van der Waals surface area contributed by atoms with Crippen LogP contribution in [0.2, 0.25) is 0 Å². The zero-order chi connectivity index (χ0) is 16.2. The summed E-state index contributed by atoms with van der Waals surface area (Å²) in [5.41, 5.74) is 0. The van der Waals surface area contributed by atoms with Crippen molar-refractivity contribution in [3.63, 3.8) is 0 Å². The van der Waals surface area contributed by atoms with Gasteiger partial charge in [-0.2, -0.15) is 15.0 Å². The van der Waals surface area contributed by atoms with Crippen LogP contribution in [-0.2, 0) is 10.0 Å². The highest BCUT2D eigenvalue weighted by Crippen LogP contribution is 2.08. The lowest BCUT2D eigenvalue weighted by atomic mass is 10.5. The number of sulfonamides is 1. The van der Waals surface area contributed by atoms with Gasteiger partial charge in [0.1, 0.15) is 10.7 Å². The average Bonchev–Trinajstić information content (AvgIpc) is 2.46. The van der Waals surface area contributed by atoms with E-state index in [0.29, 0.717) is 5.82 Å². The van der Waals surface area contributed by atoms with E-state index < -0.39 is 10.0 Å². The summed E-state index contributed by atoms with van der Waals surface area (Å²) in [6, 6.07) is 2.99. The predicted octanol–water partition coefficient (Wildman–Crippen LogP) is 0.259. The Morgan fingerprint density at radius 3 is 2.73 bits per heavy atom. The topological polar surface area (TPSA) is 119 Å². The van der Waals surface area contributed by atoms with Crippen LogP contribution in [0.25, 0.3) is 0 Å². The maximum absolute atomic E-state index is 12.1. The number of aryl methyl sites for hydroxylation is 1. The second-order valence-electron chi connectivity index (χ2n) is 3.94. The number of hydrogen-bond donors (Lipinski definition) is 2. The Hall–Kier alpha value is -2.40. The highest BCUT2D eigenvalue weighted by atomic mass is 32.2. The Bertz CT molecular complexity index is 782. The SMILES string of the molecule is COc1nc(C)nc(NC(=S)NS(=O)(=O)c2cccnc2)n1. The third-order valence-corrected chi connectivity index (χ3v) is 3.97. The Balaban J connectivity index is 2.12. The van der Waals surface area contributed by atoms with Gasteiger partial charge in [0.2, 0.25) is 5.95 Å². The van der Waals surface area contributed by atoms with Gasteiger partial charge in [-0.25, -0.2) is 8.42 Å². The Labute approximate surface area is 132 Å². The number of pyridine rings is 1. The third-order valence-electron chi connectivity index (χ3n) is 2.31. The van der Waals surface area contributed by atoms with Gasteiger partial charge in [0, 0.05) is 12.4 Å². The molecule has 116 valence electrons.